The summed E-state index contributed by atoms with van der Waals surface area (Å²) in [5.74, 6) is -0.446. The predicted molar refractivity (Wildman–Crippen MR) is 69.2 cm³/mol. The molecule has 0 bridgehead atoms. The highest BCUT2D eigenvalue weighted by molar-refractivity contribution is 7.15. The lowest BCUT2D eigenvalue weighted by molar-refractivity contribution is -0.137. The van der Waals surface area contributed by atoms with Crippen LogP contribution in [0.3, 0.4) is 0 Å². The molecule has 1 aliphatic rings. The van der Waals surface area contributed by atoms with Crippen LogP contribution in [0.1, 0.15) is 35.0 Å². The Morgan fingerprint density at radius 3 is 2.50 bits per heavy atom. The minimum absolute atomic E-state index is 0.249. The Morgan fingerprint density at radius 2 is 1.90 bits per heavy atom. The van der Waals surface area contributed by atoms with E-state index in [2.05, 4.69) is 4.98 Å². The van der Waals surface area contributed by atoms with Crippen LogP contribution >= 0.6 is 11.3 Å². The largest absolute Gasteiger partial charge is 0.416 e. The number of aryl methyl sites for hydroxylation is 1. The van der Waals surface area contributed by atoms with E-state index in [0.717, 1.165) is 30.0 Å². The molecule has 20 heavy (non-hydrogen) atoms. The summed E-state index contributed by atoms with van der Waals surface area (Å²) in [6.07, 6.45) is -2.40. The van der Waals surface area contributed by atoms with Crippen LogP contribution < -0.4 is 0 Å². The topological polar surface area (TPSA) is 12.9 Å². The first-order valence-corrected chi connectivity index (χ1v) is 7.02. The van der Waals surface area contributed by atoms with Crippen molar-refractivity contribution in [3.63, 3.8) is 0 Å². The van der Waals surface area contributed by atoms with Crippen molar-refractivity contribution in [2.24, 2.45) is 0 Å². The van der Waals surface area contributed by atoms with Crippen molar-refractivity contribution in [2.75, 3.05) is 0 Å². The Morgan fingerprint density at radius 1 is 1.20 bits per heavy atom. The van der Waals surface area contributed by atoms with Crippen molar-refractivity contribution < 1.29 is 17.6 Å². The van der Waals surface area contributed by atoms with Gasteiger partial charge in [0, 0.05) is 5.92 Å². The molecule has 1 nitrogen and oxygen atoms in total. The normalized spacial score (nSPS) is 15.7. The van der Waals surface area contributed by atoms with Crippen LogP contribution in [-0.4, -0.2) is 4.98 Å². The van der Waals surface area contributed by atoms with Gasteiger partial charge in [-0.1, -0.05) is 0 Å². The second-order valence-electron chi connectivity index (χ2n) is 4.97. The van der Waals surface area contributed by atoms with Crippen LogP contribution in [0.5, 0.6) is 0 Å². The van der Waals surface area contributed by atoms with Gasteiger partial charge < -0.3 is 0 Å². The fourth-order valence-electron chi connectivity index (χ4n) is 2.07. The summed E-state index contributed by atoms with van der Waals surface area (Å²) in [5.41, 5.74) is -0.0527. The zero-order valence-corrected chi connectivity index (χ0v) is 11.4. The summed E-state index contributed by atoms with van der Waals surface area (Å²) >= 11 is 1.37. The average molecular weight is 301 g/mol. The van der Waals surface area contributed by atoms with Gasteiger partial charge in [0.1, 0.15) is 5.82 Å². The van der Waals surface area contributed by atoms with Gasteiger partial charge in [-0.25, -0.2) is 9.37 Å². The standard InChI is InChI=1S/C14H11F4NS/c1-7-12(20-13(19-7)8-2-3-8)9-4-10(14(16,17)18)6-11(15)5-9/h4-6,8H,2-3H2,1H3. The Balaban J connectivity index is 2.07. The molecule has 0 aliphatic heterocycles. The first kappa shape index (κ1) is 13.5. The van der Waals surface area contributed by atoms with Gasteiger partial charge in [0.25, 0.3) is 0 Å². The molecule has 1 aliphatic carbocycles. The van der Waals surface area contributed by atoms with Gasteiger partial charge in [-0.3, -0.25) is 0 Å². The van der Waals surface area contributed by atoms with Crippen LogP contribution in [0.4, 0.5) is 17.6 Å². The van der Waals surface area contributed by atoms with Crippen LogP contribution in [-0.2, 0) is 6.18 Å². The van der Waals surface area contributed by atoms with E-state index in [-0.39, 0.29) is 5.56 Å². The monoisotopic (exact) mass is 301 g/mol. The highest BCUT2D eigenvalue weighted by Gasteiger charge is 2.32. The highest BCUT2D eigenvalue weighted by Crippen LogP contribution is 2.45. The van der Waals surface area contributed by atoms with Crippen molar-refractivity contribution in [2.45, 2.75) is 31.9 Å². The Labute approximate surface area is 117 Å². The van der Waals surface area contributed by atoms with Gasteiger partial charge in [0.05, 0.1) is 21.1 Å². The molecule has 106 valence electrons. The maximum absolute atomic E-state index is 13.4. The molecular formula is C14H11F4NS. The molecule has 1 fully saturated rings. The molecule has 0 amide bonds. The van der Waals surface area contributed by atoms with Gasteiger partial charge in [0.2, 0.25) is 0 Å². The van der Waals surface area contributed by atoms with Crippen molar-refractivity contribution in [1.82, 2.24) is 4.98 Å². The van der Waals surface area contributed by atoms with Gasteiger partial charge in [-0.2, -0.15) is 13.2 Å². The summed E-state index contributed by atoms with van der Waals surface area (Å²) in [5, 5.41) is 0.940. The molecule has 2 aromatic rings. The molecule has 0 saturated heterocycles. The average Bonchev–Trinajstić information content (AvgIpc) is 3.11. The number of benzene rings is 1. The lowest BCUT2D eigenvalue weighted by Gasteiger charge is -2.08. The predicted octanol–water partition coefficient (Wildman–Crippen LogP) is 5.15. The molecule has 6 heteroatoms. The second kappa shape index (κ2) is 4.55. The first-order chi connectivity index (χ1) is 9.34. The highest BCUT2D eigenvalue weighted by atomic mass is 32.1. The smallest absolute Gasteiger partial charge is 0.246 e. The number of thiazole rings is 1. The minimum Gasteiger partial charge on any atom is -0.246 e. The second-order valence-corrected chi connectivity index (χ2v) is 6.00. The summed E-state index contributed by atoms with van der Waals surface area (Å²) in [6.45, 7) is 1.75. The summed E-state index contributed by atoms with van der Waals surface area (Å²) in [6, 6.07) is 2.63. The van der Waals surface area contributed by atoms with E-state index in [0.29, 0.717) is 22.6 Å². The molecule has 1 saturated carbocycles. The number of halogens is 4. The fraction of sp³-hybridized carbons (Fsp3) is 0.357. The van der Waals surface area contributed by atoms with Crippen LogP contribution in [0.2, 0.25) is 0 Å². The molecule has 0 spiro atoms. The van der Waals surface area contributed by atoms with E-state index in [1.165, 1.54) is 11.3 Å². The molecular weight excluding hydrogens is 290 g/mol. The molecule has 0 radical (unpaired) electrons. The molecule has 0 N–H and O–H groups in total. The third-order valence-corrected chi connectivity index (χ3v) is 4.60. The third kappa shape index (κ3) is 2.57. The Hall–Kier alpha value is -1.43. The quantitative estimate of drug-likeness (QED) is 0.699. The number of hydrogen-bond donors (Lipinski definition) is 0. The Bertz CT molecular complexity index is 656. The van der Waals surface area contributed by atoms with Gasteiger partial charge in [-0.15, -0.1) is 11.3 Å². The zero-order chi connectivity index (χ0) is 14.5. The van der Waals surface area contributed by atoms with E-state index < -0.39 is 17.6 Å². The maximum Gasteiger partial charge on any atom is 0.416 e. The zero-order valence-electron chi connectivity index (χ0n) is 10.6. The molecule has 0 atom stereocenters. The first-order valence-electron chi connectivity index (χ1n) is 6.20. The third-order valence-electron chi connectivity index (χ3n) is 3.23. The lowest BCUT2D eigenvalue weighted by Crippen LogP contribution is -2.05. The van der Waals surface area contributed by atoms with Gasteiger partial charge in [0.15, 0.2) is 0 Å². The maximum atomic E-state index is 13.4. The fourth-order valence-corrected chi connectivity index (χ4v) is 3.30. The van der Waals surface area contributed by atoms with Crippen LogP contribution in [0, 0.1) is 12.7 Å². The minimum atomic E-state index is -4.55. The van der Waals surface area contributed by atoms with E-state index in [9.17, 15) is 17.6 Å². The summed E-state index contributed by atoms with van der Waals surface area (Å²) < 4.78 is 51.6. The van der Waals surface area contributed by atoms with Crippen molar-refractivity contribution in [3.05, 3.63) is 40.3 Å². The van der Waals surface area contributed by atoms with Gasteiger partial charge in [-0.05, 0) is 43.5 Å². The number of hydrogen-bond acceptors (Lipinski definition) is 2. The van der Waals surface area contributed by atoms with Crippen LogP contribution in [0.25, 0.3) is 10.4 Å². The molecule has 1 heterocycles. The van der Waals surface area contributed by atoms with Crippen molar-refractivity contribution >= 4 is 11.3 Å². The Kier molecular flexibility index (Phi) is 3.08. The molecule has 1 aromatic carbocycles. The lowest BCUT2D eigenvalue weighted by atomic mass is 10.1. The SMILES string of the molecule is Cc1nc(C2CC2)sc1-c1cc(F)cc(C(F)(F)F)c1. The summed E-state index contributed by atoms with van der Waals surface area (Å²) in [4.78, 5) is 5.01. The molecule has 3 rings (SSSR count). The molecule has 1 aromatic heterocycles. The van der Waals surface area contributed by atoms with Crippen molar-refractivity contribution in [1.29, 1.82) is 0 Å². The molecule has 0 unspecified atom stereocenters. The van der Waals surface area contributed by atoms with Gasteiger partial charge >= 0.3 is 6.18 Å². The number of rotatable bonds is 2. The number of alkyl halides is 3. The number of aromatic nitrogens is 1. The van der Waals surface area contributed by atoms with Crippen LogP contribution in [0.15, 0.2) is 18.2 Å². The summed E-state index contributed by atoms with van der Waals surface area (Å²) in [7, 11) is 0. The number of nitrogens with zero attached hydrogens (tertiary/aromatic N) is 1. The van der Waals surface area contributed by atoms with E-state index in [1.54, 1.807) is 6.92 Å². The van der Waals surface area contributed by atoms with E-state index in [4.69, 9.17) is 0 Å². The van der Waals surface area contributed by atoms with E-state index >= 15 is 0 Å². The van der Waals surface area contributed by atoms with Crippen molar-refractivity contribution in [3.8, 4) is 10.4 Å². The van der Waals surface area contributed by atoms with E-state index in [1.807, 2.05) is 0 Å².